The van der Waals surface area contributed by atoms with Crippen molar-refractivity contribution in [3.05, 3.63) is 97.0 Å². The van der Waals surface area contributed by atoms with Crippen LogP contribution in [0.5, 0.6) is 11.6 Å². The molecule has 57 heavy (non-hydrogen) atoms. The molecule has 14 nitrogen and oxygen atoms in total. The fourth-order valence-electron chi connectivity index (χ4n) is 5.73. The highest BCUT2D eigenvalue weighted by Gasteiger charge is 2.33. The van der Waals surface area contributed by atoms with E-state index in [0.29, 0.717) is 53.1 Å². The first-order valence-corrected chi connectivity index (χ1v) is 20.2. The fourth-order valence-corrected chi connectivity index (χ4v) is 7.75. The van der Waals surface area contributed by atoms with Crippen molar-refractivity contribution in [2.75, 3.05) is 24.4 Å². The van der Waals surface area contributed by atoms with Crippen LogP contribution in [0.15, 0.2) is 102 Å². The van der Waals surface area contributed by atoms with Gasteiger partial charge in [0, 0.05) is 54.4 Å². The van der Waals surface area contributed by atoms with E-state index in [9.17, 15) is 9.59 Å². The molecule has 2 amide bonds. The minimum absolute atomic E-state index is 0.141. The Labute approximate surface area is 340 Å². The molecule has 0 fully saturated rings. The molecule has 4 aromatic heterocycles. The van der Waals surface area contributed by atoms with Gasteiger partial charge in [0.15, 0.2) is 22.0 Å². The largest absolute Gasteiger partial charge is 0.491 e. The van der Waals surface area contributed by atoms with Crippen molar-refractivity contribution in [2.45, 2.75) is 80.9 Å². The van der Waals surface area contributed by atoms with Gasteiger partial charge in [-0.1, -0.05) is 59.9 Å². The number of carbonyl (C=O) groups excluding carboxylic acids is 2. The molecule has 0 unspecified atom stereocenters. The summed E-state index contributed by atoms with van der Waals surface area (Å²) in [5.41, 5.74) is 3.68. The summed E-state index contributed by atoms with van der Waals surface area (Å²) in [5.74, 6) is 1.91. The van der Waals surface area contributed by atoms with E-state index in [1.165, 1.54) is 23.5 Å². The van der Waals surface area contributed by atoms with Crippen molar-refractivity contribution < 1.29 is 19.1 Å². The first-order chi connectivity index (χ1) is 27.4. The van der Waals surface area contributed by atoms with Gasteiger partial charge in [0.25, 0.3) is 0 Å². The third kappa shape index (κ3) is 9.81. The van der Waals surface area contributed by atoms with Gasteiger partial charge < -0.3 is 29.2 Å². The molecule has 4 heterocycles. The van der Waals surface area contributed by atoms with Gasteiger partial charge in [-0.15, -0.1) is 20.4 Å². The normalized spacial score (nSPS) is 11.6. The van der Waals surface area contributed by atoms with E-state index in [1.54, 1.807) is 19.5 Å². The van der Waals surface area contributed by atoms with Crippen molar-refractivity contribution in [3.63, 3.8) is 0 Å². The van der Waals surface area contributed by atoms with Crippen LogP contribution < -0.4 is 20.1 Å². The quantitative estimate of drug-likeness (QED) is 0.0866. The van der Waals surface area contributed by atoms with Gasteiger partial charge in [-0.3, -0.25) is 14.6 Å². The van der Waals surface area contributed by atoms with E-state index in [2.05, 4.69) is 41.0 Å². The van der Waals surface area contributed by atoms with Crippen LogP contribution in [0.4, 0.5) is 11.4 Å². The van der Waals surface area contributed by atoms with Crippen LogP contribution in [0.2, 0.25) is 0 Å². The Hall–Kier alpha value is -5.74. The van der Waals surface area contributed by atoms with Gasteiger partial charge in [0.2, 0.25) is 17.7 Å². The van der Waals surface area contributed by atoms with Crippen LogP contribution in [-0.2, 0) is 29.1 Å². The molecule has 6 aromatic rings. The standard InChI is InChI=1S/C41H46N10O4S2/c1-8-50-34(46-48-38(50)56-40(3,4)36(52)44-28-16-12-10-13-17-28)27-24-30(43-33(25-27)54-7)21-23-55-32-26-42-22-20-31(32)35-47-49-39(51(35)9-2)57-41(5,6)37(53)45-29-18-14-11-15-19-29/h10-20,22,24-26H,8-9,21,23H2,1-7H3,(H,44,52)(H,45,53). The summed E-state index contributed by atoms with van der Waals surface area (Å²) >= 11 is 2.69. The third-order valence-corrected chi connectivity index (χ3v) is 11.2. The van der Waals surface area contributed by atoms with E-state index < -0.39 is 9.49 Å². The molecule has 16 heteroatoms. The number of thioether (sulfide) groups is 2. The Balaban J connectivity index is 1.16. The zero-order valence-electron chi connectivity index (χ0n) is 33.0. The molecule has 0 atom stereocenters. The van der Waals surface area contributed by atoms with Crippen LogP contribution in [-0.4, -0.2) is 74.5 Å². The van der Waals surface area contributed by atoms with Crippen molar-refractivity contribution in [1.29, 1.82) is 0 Å². The number of amides is 2. The fraction of sp³-hybridized carbons (Fsp3) is 0.317. The number of hydrogen-bond donors (Lipinski definition) is 2. The monoisotopic (exact) mass is 806 g/mol. The Bertz CT molecular complexity index is 2310. The van der Waals surface area contributed by atoms with E-state index in [1.807, 2.05) is 130 Å². The Kier molecular flexibility index (Phi) is 12.9. The van der Waals surface area contributed by atoms with Gasteiger partial charge in [-0.25, -0.2) is 4.98 Å². The summed E-state index contributed by atoms with van der Waals surface area (Å²) in [4.78, 5) is 35.5. The van der Waals surface area contributed by atoms with E-state index in [0.717, 1.165) is 28.2 Å². The number of nitrogens with one attached hydrogen (secondary N) is 2. The Morgan fingerprint density at radius 2 is 1.28 bits per heavy atom. The topological polar surface area (TPSA) is 164 Å². The minimum atomic E-state index is -0.840. The highest BCUT2D eigenvalue weighted by Crippen LogP contribution is 2.37. The summed E-state index contributed by atoms with van der Waals surface area (Å²) in [7, 11) is 1.57. The Morgan fingerprint density at radius 1 is 0.737 bits per heavy atom. The second kappa shape index (κ2) is 18.0. The number of rotatable bonds is 17. The van der Waals surface area contributed by atoms with Gasteiger partial charge in [0.05, 0.1) is 35.0 Å². The Morgan fingerprint density at radius 3 is 1.82 bits per heavy atom. The molecular formula is C41H46N10O4S2. The lowest BCUT2D eigenvalue weighted by molar-refractivity contribution is -0.118. The predicted molar refractivity (Wildman–Crippen MR) is 224 cm³/mol. The zero-order valence-corrected chi connectivity index (χ0v) is 34.6. The molecule has 0 aliphatic carbocycles. The number of pyridine rings is 2. The SMILES string of the molecule is CCn1c(SC(C)(C)C(=O)Nc2ccccc2)nnc1-c1cc(CCOc2cnccc2-c2nnc(SC(C)(C)C(=O)Nc3ccccc3)n2CC)nc(OC)c1. The van der Waals surface area contributed by atoms with E-state index in [4.69, 9.17) is 9.47 Å². The van der Waals surface area contributed by atoms with Gasteiger partial charge >= 0.3 is 0 Å². The second-order valence-electron chi connectivity index (χ2n) is 13.8. The number of ether oxygens (including phenoxy) is 2. The van der Waals surface area contributed by atoms with Gasteiger partial charge in [0.1, 0.15) is 5.75 Å². The third-order valence-electron chi connectivity index (χ3n) is 8.88. The molecule has 0 aliphatic heterocycles. The summed E-state index contributed by atoms with van der Waals surface area (Å²) in [6.45, 7) is 12.9. The zero-order chi connectivity index (χ0) is 40.6. The summed E-state index contributed by atoms with van der Waals surface area (Å²) in [6.07, 6.45) is 3.78. The van der Waals surface area contributed by atoms with E-state index >= 15 is 0 Å². The first kappa shape index (κ1) is 40.9. The second-order valence-corrected chi connectivity index (χ2v) is 17.0. The molecule has 2 N–H and O–H groups in total. The molecule has 0 spiro atoms. The number of carbonyl (C=O) groups is 2. The molecule has 296 valence electrons. The van der Waals surface area contributed by atoms with Crippen molar-refractivity contribution >= 4 is 46.7 Å². The number of hydrogen-bond acceptors (Lipinski definition) is 12. The lowest BCUT2D eigenvalue weighted by Crippen LogP contribution is -2.34. The van der Waals surface area contributed by atoms with Crippen LogP contribution in [0.3, 0.4) is 0 Å². The first-order valence-electron chi connectivity index (χ1n) is 18.5. The lowest BCUT2D eigenvalue weighted by Gasteiger charge is -2.22. The summed E-state index contributed by atoms with van der Waals surface area (Å²) in [5, 5.41) is 25.3. The molecule has 0 saturated heterocycles. The summed E-state index contributed by atoms with van der Waals surface area (Å²) in [6, 6.07) is 24.4. The van der Waals surface area contributed by atoms with Crippen LogP contribution in [0.1, 0.15) is 47.2 Å². The molecule has 0 bridgehead atoms. The highest BCUT2D eigenvalue weighted by atomic mass is 32.2. The smallest absolute Gasteiger partial charge is 0.240 e. The van der Waals surface area contributed by atoms with Gasteiger partial charge in [-0.05, 0) is 77.9 Å². The highest BCUT2D eigenvalue weighted by molar-refractivity contribution is 8.01. The van der Waals surface area contributed by atoms with Crippen LogP contribution >= 0.6 is 23.5 Å². The summed E-state index contributed by atoms with van der Waals surface area (Å²) < 4.78 is 14.2. The van der Waals surface area contributed by atoms with Crippen LogP contribution in [0, 0.1) is 0 Å². The number of benzene rings is 2. The molecule has 0 radical (unpaired) electrons. The maximum absolute atomic E-state index is 13.3. The molecule has 0 saturated carbocycles. The number of aromatic nitrogens is 8. The number of anilines is 2. The van der Waals surface area contributed by atoms with Crippen molar-refractivity contribution in [2.24, 2.45) is 0 Å². The number of methoxy groups -OCH3 is 1. The average molecular weight is 807 g/mol. The minimum Gasteiger partial charge on any atom is -0.491 e. The number of para-hydroxylation sites is 2. The number of nitrogens with zero attached hydrogens (tertiary/aromatic N) is 8. The molecule has 0 aliphatic rings. The van der Waals surface area contributed by atoms with Crippen molar-refractivity contribution in [1.82, 2.24) is 39.5 Å². The van der Waals surface area contributed by atoms with Crippen molar-refractivity contribution in [3.8, 4) is 34.4 Å². The molecule has 6 rings (SSSR count). The molecule has 2 aromatic carbocycles. The molecular weight excluding hydrogens is 761 g/mol. The maximum atomic E-state index is 13.3. The lowest BCUT2D eigenvalue weighted by atomic mass is 10.1. The average Bonchev–Trinajstić information content (AvgIpc) is 3.81. The van der Waals surface area contributed by atoms with E-state index in [-0.39, 0.29) is 18.4 Å². The maximum Gasteiger partial charge on any atom is 0.240 e. The predicted octanol–water partition coefficient (Wildman–Crippen LogP) is 7.68. The van der Waals surface area contributed by atoms with Gasteiger partial charge in [-0.2, -0.15) is 0 Å². The van der Waals surface area contributed by atoms with Crippen LogP contribution in [0.25, 0.3) is 22.8 Å².